The second kappa shape index (κ2) is 5.81. The topological polar surface area (TPSA) is 0 Å². The zero-order valence-corrected chi connectivity index (χ0v) is 11.7. The van der Waals surface area contributed by atoms with Gasteiger partial charge >= 0.3 is 0 Å². The SMILES string of the molecule is Fc1cccc(C(Br)Cc2cccc(Cl)c2)c1F. The molecule has 0 aliphatic carbocycles. The van der Waals surface area contributed by atoms with Crippen molar-refractivity contribution in [2.45, 2.75) is 11.2 Å². The third kappa shape index (κ3) is 3.09. The van der Waals surface area contributed by atoms with Gasteiger partial charge in [-0.3, -0.25) is 0 Å². The third-order valence-corrected chi connectivity index (χ3v) is 3.67. The quantitative estimate of drug-likeness (QED) is 0.670. The Hall–Kier alpha value is -0.930. The summed E-state index contributed by atoms with van der Waals surface area (Å²) in [5, 5.41) is 0.631. The zero-order valence-electron chi connectivity index (χ0n) is 9.34. The van der Waals surface area contributed by atoms with Crippen molar-refractivity contribution < 1.29 is 8.78 Å². The molecule has 2 aromatic carbocycles. The van der Waals surface area contributed by atoms with Crippen LogP contribution in [-0.4, -0.2) is 0 Å². The number of rotatable bonds is 3. The minimum Gasteiger partial charge on any atom is -0.204 e. The van der Waals surface area contributed by atoms with E-state index >= 15 is 0 Å². The van der Waals surface area contributed by atoms with Crippen LogP contribution >= 0.6 is 27.5 Å². The van der Waals surface area contributed by atoms with Gasteiger partial charge in [-0.05, 0) is 30.2 Å². The van der Waals surface area contributed by atoms with Gasteiger partial charge in [0, 0.05) is 15.4 Å². The van der Waals surface area contributed by atoms with Crippen LogP contribution < -0.4 is 0 Å². The summed E-state index contributed by atoms with van der Waals surface area (Å²) >= 11 is 9.26. The highest BCUT2D eigenvalue weighted by atomic mass is 79.9. The van der Waals surface area contributed by atoms with Crippen molar-refractivity contribution in [2.24, 2.45) is 0 Å². The van der Waals surface area contributed by atoms with Crippen LogP contribution in [0.25, 0.3) is 0 Å². The van der Waals surface area contributed by atoms with E-state index in [1.807, 2.05) is 18.2 Å². The fourth-order valence-corrected chi connectivity index (χ4v) is 2.68. The summed E-state index contributed by atoms with van der Waals surface area (Å²) in [5.74, 6) is -1.63. The number of hydrogen-bond acceptors (Lipinski definition) is 0. The predicted octanol–water partition coefficient (Wildman–Crippen LogP) is 5.30. The first-order chi connectivity index (χ1) is 8.58. The van der Waals surface area contributed by atoms with Gasteiger partial charge in [0.1, 0.15) is 0 Å². The van der Waals surface area contributed by atoms with Gasteiger partial charge in [0.05, 0.1) is 0 Å². The average molecular weight is 332 g/mol. The van der Waals surface area contributed by atoms with Crippen molar-refractivity contribution in [3.8, 4) is 0 Å². The number of hydrogen-bond donors (Lipinski definition) is 0. The highest BCUT2D eigenvalue weighted by Gasteiger charge is 2.16. The van der Waals surface area contributed by atoms with E-state index in [1.165, 1.54) is 6.07 Å². The largest absolute Gasteiger partial charge is 0.204 e. The fourth-order valence-electron chi connectivity index (χ4n) is 1.74. The molecule has 1 atom stereocenters. The van der Waals surface area contributed by atoms with Crippen molar-refractivity contribution >= 4 is 27.5 Å². The maximum absolute atomic E-state index is 13.6. The Balaban J connectivity index is 2.22. The fraction of sp³-hybridized carbons (Fsp3) is 0.143. The molecular formula is C14H10BrClF2. The van der Waals surface area contributed by atoms with Crippen molar-refractivity contribution in [3.05, 3.63) is 70.2 Å². The lowest BCUT2D eigenvalue weighted by Gasteiger charge is -2.12. The van der Waals surface area contributed by atoms with E-state index in [4.69, 9.17) is 11.6 Å². The van der Waals surface area contributed by atoms with Crippen LogP contribution in [0.1, 0.15) is 16.0 Å². The Kier molecular flexibility index (Phi) is 4.36. The van der Waals surface area contributed by atoms with Gasteiger partial charge in [-0.1, -0.05) is 51.8 Å². The average Bonchev–Trinajstić information content (AvgIpc) is 2.32. The van der Waals surface area contributed by atoms with Crippen molar-refractivity contribution in [2.75, 3.05) is 0 Å². The van der Waals surface area contributed by atoms with Crippen LogP contribution in [0.2, 0.25) is 5.02 Å². The third-order valence-electron chi connectivity index (χ3n) is 2.62. The summed E-state index contributed by atoms with van der Waals surface area (Å²) < 4.78 is 26.7. The minimum atomic E-state index is -0.831. The van der Waals surface area contributed by atoms with Crippen LogP contribution in [0.3, 0.4) is 0 Å². The van der Waals surface area contributed by atoms with Gasteiger partial charge in [-0.25, -0.2) is 8.78 Å². The van der Waals surface area contributed by atoms with Crippen molar-refractivity contribution in [1.82, 2.24) is 0 Å². The van der Waals surface area contributed by atoms with E-state index in [-0.39, 0.29) is 4.83 Å². The Morgan fingerprint density at radius 3 is 2.56 bits per heavy atom. The lowest BCUT2D eigenvalue weighted by atomic mass is 10.0. The van der Waals surface area contributed by atoms with E-state index in [2.05, 4.69) is 15.9 Å². The lowest BCUT2D eigenvalue weighted by molar-refractivity contribution is 0.498. The molecule has 0 N–H and O–H groups in total. The summed E-state index contributed by atoms with van der Waals surface area (Å²) in [6.45, 7) is 0. The Morgan fingerprint density at radius 1 is 1.11 bits per heavy atom. The molecule has 94 valence electrons. The highest BCUT2D eigenvalue weighted by molar-refractivity contribution is 9.09. The molecule has 2 aromatic rings. The second-order valence-corrected chi connectivity index (χ2v) is 5.49. The Labute approximate surface area is 118 Å². The molecule has 0 saturated heterocycles. The maximum Gasteiger partial charge on any atom is 0.163 e. The van der Waals surface area contributed by atoms with Gasteiger partial charge in [0.2, 0.25) is 0 Å². The predicted molar refractivity (Wildman–Crippen MR) is 73.2 cm³/mol. The molecule has 0 aromatic heterocycles. The van der Waals surface area contributed by atoms with Crippen molar-refractivity contribution in [3.63, 3.8) is 0 Å². The summed E-state index contributed by atoms with van der Waals surface area (Å²) in [6, 6.07) is 11.5. The van der Waals surface area contributed by atoms with E-state index in [1.54, 1.807) is 12.1 Å². The molecule has 0 nitrogen and oxygen atoms in total. The van der Waals surface area contributed by atoms with E-state index in [0.717, 1.165) is 11.6 Å². The molecule has 0 fully saturated rings. The molecule has 0 amide bonds. The Bertz CT molecular complexity index is 557. The summed E-state index contributed by atoms with van der Waals surface area (Å²) in [5.41, 5.74) is 1.28. The molecule has 0 radical (unpaired) electrons. The molecular weight excluding hydrogens is 322 g/mol. The number of alkyl halides is 1. The van der Waals surface area contributed by atoms with Crippen LogP contribution in [0.5, 0.6) is 0 Å². The smallest absolute Gasteiger partial charge is 0.163 e. The van der Waals surface area contributed by atoms with Gasteiger partial charge in [-0.2, -0.15) is 0 Å². The van der Waals surface area contributed by atoms with Gasteiger partial charge in [-0.15, -0.1) is 0 Å². The van der Waals surface area contributed by atoms with Crippen LogP contribution in [0.4, 0.5) is 8.78 Å². The summed E-state index contributed by atoms with van der Waals surface area (Å²) in [6.07, 6.45) is 0.543. The van der Waals surface area contributed by atoms with E-state index < -0.39 is 11.6 Å². The molecule has 0 saturated carbocycles. The first-order valence-corrected chi connectivity index (χ1v) is 6.69. The lowest BCUT2D eigenvalue weighted by Crippen LogP contribution is -2.00. The van der Waals surface area contributed by atoms with E-state index in [0.29, 0.717) is 17.0 Å². The molecule has 2 rings (SSSR count). The normalized spacial score (nSPS) is 12.4. The molecule has 0 aliphatic heterocycles. The first kappa shape index (κ1) is 13.5. The summed E-state index contributed by atoms with van der Waals surface area (Å²) in [4.78, 5) is -0.285. The number of halogens is 4. The molecule has 18 heavy (non-hydrogen) atoms. The van der Waals surface area contributed by atoms with Crippen LogP contribution in [0.15, 0.2) is 42.5 Å². The first-order valence-electron chi connectivity index (χ1n) is 5.40. The molecule has 0 bridgehead atoms. The van der Waals surface area contributed by atoms with Gasteiger partial charge in [0.25, 0.3) is 0 Å². The molecule has 4 heteroatoms. The standard InChI is InChI=1S/C14H10BrClF2/c15-12(8-9-3-1-4-10(16)7-9)11-5-2-6-13(17)14(11)18/h1-7,12H,8H2. The maximum atomic E-state index is 13.6. The Morgan fingerprint density at radius 2 is 1.83 bits per heavy atom. The molecule has 0 spiro atoms. The van der Waals surface area contributed by atoms with Crippen LogP contribution in [0, 0.1) is 11.6 Å². The zero-order chi connectivity index (χ0) is 13.1. The van der Waals surface area contributed by atoms with E-state index in [9.17, 15) is 8.78 Å². The minimum absolute atomic E-state index is 0.285. The highest BCUT2D eigenvalue weighted by Crippen LogP contribution is 2.30. The molecule has 0 aliphatic rings. The molecule has 1 unspecified atom stereocenters. The molecule has 0 heterocycles. The monoisotopic (exact) mass is 330 g/mol. The van der Waals surface area contributed by atoms with Gasteiger partial charge in [0.15, 0.2) is 11.6 Å². The van der Waals surface area contributed by atoms with Crippen LogP contribution in [-0.2, 0) is 6.42 Å². The van der Waals surface area contributed by atoms with Gasteiger partial charge < -0.3 is 0 Å². The number of benzene rings is 2. The summed E-state index contributed by atoms with van der Waals surface area (Å²) in [7, 11) is 0. The second-order valence-electron chi connectivity index (χ2n) is 3.94. The van der Waals surface area contributed by atoms with Crippen molar-refractivity contribution in [1.29, 1.82) is 0 Å².